The Morgan fingerprint density at radius 2 is 2.32 bits per heavy atom. The Bertz CT molecular complexity index is 739. The lowest BCUT2D eigenvalue weighted by Gasteiger charge is -2.12. The largest absolute Gasteiger partial charge is 0.394 e. The van der Waals surface area contributed by atoms with E-state index in [4.69, 9.17) is 33.0 Å². The van der Waals surface area contributed by atoms with Gasteiger partial charge in [-0.2, -0.15) is 0 Å². The van der Waals surface area contributed by atoms with E-state index in [-0.39, 0.29) is 17.8 Å². The number of nitrogens with one attached hydrogen (secondary N) is 1. The molecule has 1 aliphatic rings. The van der Waals surface area contributed by atoms with E-state index < -0.39 is 40.3 Å². The van der Waals surface area contributed by atoms with Gasteiger partial charge in [0.1, 0.15) is 12.3 Å². The van der Waals surface area contributed by atoms with Crippen molar-refractivity contribution in [3.05, 3.63) is 27.9 Å². The van der Waals surface area contributed by atoms with Gasteiger partial charge in [0.2, 0.25) is 12.1 Å². The number of alkyl halides is 2. The Hall–Kier alpha value is -1.83. The number of carbonyl (C=O) groups is 1. The van der Waals surface area contributed by atoms with Crippen molar-refractivity contribution in [1.29, 1.82) is 0 Å². The number of amides is 1. The summed E-state index contributed by atoms with van der Waals surface area (Å²) in [6, 6.07) is 1.19. The number of hydrogen-bond donors (Lipinski definition) is 3. The quantitative estimate of drug-likeness (QED) is 0.227. The number of hydrogen-bond acceptors (Lipinski definition) is 6. The molecule has 2 rings (SSSR count). The third-order valence-electron chi connectivity index (χ3n) is 3.41. The summed E-state index contributed by atoms with van der Waals surface area (Å²) in [5, 5.41) is 32.3. The van der Waals surface area contributed by atoms with E-state index in [1.54, 1.807) is 0 Å². The van der Waals surface area contributed by atoms with Crippen LogP contribution in [-0.4, -0.2) is 48.9 Å². The van der Waals surface area contributed by atoms with Crippen molar-refractivity contribution in [2.75, 3.05) is 6.61 Å². The molecule has 1 fully saturated rings. The molecule has 3 atom stereocenters. The summed E-state index contributed by atoms with van der Waals surface area (Å²) in [5.74, 6) is 4.13. The molecule has 0 radical (unpaired) electrons. The molecule has 1 aromatic heterocycles. The maximum atomic E-state index is 11.2. The molecule has 2 heterocycles. The molecule has 0 aromatic carbocycles. The number of aliphatic hydroxyl groups excluding tert-OH is 2. The predicted octanol–water partition coefficient (Wildman–Crippen LogP) is 0.656. The summed E-state index contributed by atoms with van der Waals surface area (Å²) in [5.41, 5.74) is 0.216. The van der Waals surface area contributed by atoms with Crippen molar-refractivity contribution in [3.8, 4) is 11.8 Å². The summed E-state index contributed by atoms with van der Waals surface area (Å²) >= 11 is 11.6. The monoisotopic (exact) mass is 391 g/mol. The van der Waals surface area contributed by atoms with Crippen LogP contribution in [0.1, 0.15) is 25.1 Å². The molecule has 11 heteroatoms. The summed E-state index contributed by atoms with van der Waals surface area (Å²) in [6.45, 7) is 0.806. The van der Waals surface area contributed by atoms with Gasteiger partial charge in [-0.25, -0.2) is 4.57 Å². The topological polar surface area (TPSA) is 127 Å². The molecule has 0 saturated carbocycles. The van der Waals surface area contributed by atoms with E-state index in [0.29, 0.717) is 0 Å². The summed E-state index contributed by atoms with van der Waals surface area (Å²) in [7, 11) is 0. The molecule has 3 N–H and O–H groups in total. The normalized spacial score (nSPS) is 23.0. The molecule has 1 aromatic rings. The first-order chi connectivity index (χ1) is 11.6. The van der Waals surface area contributed by atoms with Gasteiger partial charge in [-0.1, -0.05) is 29.1 Å². The zero-order chi connectivity index (χ0) is 18.8. The fourth-order valence-corrected chi connectivity index (χ4v) is 2.73. The third kappa shape index (κ3) is 4.84. The standard InChI is InChI=1S/C14H15Cl2N3O6/c1-8(21)17-14(15,16)3-2-9-4-12(19(23)24)18(6-9)13-5-10(22)11(7-20)25-13/h4,6,10-11,13,20,22H,5,7H2,1H3,(H,17,21)/t10-,11+,13+/m0/s1. The zero-order valence-corrected chi connectivity index (χ0v) is 14.5. The minimum atomic E-state index is -1.84. The van der Waals surface area contributed by atoms with Crippen molar-refractivity contribution in [2.24, 2.45) is 0 Å². The van der Waals surface area contributed by atoms with Gasteiger partial charge in [0, 0.05) is 13.3 Å². The van der Waals surface area contributed by atoms with E-state index in [2.05, 4.69) is 17.2 Å². The van der Waals surface area contributed by atoms with Gasteiger partial charge in [-0.15, -0.1) is 0 Å². The van der Waals surface area contributed by atoms with Crippen LogP contribution in [-0.2, 0) is 9.53 Å². The fraction of sp³-hybridized carbons (Fsp3) is 0.500. The average Bonchev–Trinajstić information content (AvgIpc) is 3.07. The molecule has 1 saturated heterocycles. The smallest absolute Gasteiger partial charge is 0.326 e. The average molecular weight is 392 g/mol. The first-order valence-electron chi connectivity index (χ1n) is 7.13. The van der Waals surface area contributed by atoms with Crippen LogP contribution in [0, 0.1) is 22.0 Å². The highest BCUT2D eigenvalue weighted by Gasteiger charge is 2.39. The Morgan fingerprint density at radius 3 is 2.84 bits per heavy atom. The highest BCUT2D eigenvalue weighted by molar-refractivity contribution is 6.51. The Balaban J connectivity index is 2.29. The lowest BCUT2D eigenvalue weighted by molar-refractivity contribution is -0.393. The summed E-state index contributed by atoms with van der Waals surface area (Å²) in [4.78, 5) is 21.6. The van der Waals surface area contributed by atoms with Gasteiger partial charge in [-0.3, -0.25) is 4.79 Å². The number of ether oxygens (including phenoxy) is 1. The van der Waals surface area contributed by atoms with Crippen LogP contribution in [0.15, 0.2) is 12.3 Å². The Labute approximate surface area is 152 Å². The van der Waals surface area contributed by atoms with Gasteiger partial charge in [-0.05, 0) is 10.8 Å². The fourth-order valence-electron chi connectivity index (χ4n) is 2.37. The predicted molar refractivity (Wildman–Crippen MR) is 87.8 cm³/mol. The van der Waals surface area contributed by atoms with E-state index >= 15 is 0 Å². The van der Waals surface area contributed by atoms with Crippen molar-refractivity contribution >= 4 is 34.9 Å². The molecule has 0 spiro atoms. The number of halogens is 2. The van der Waals surface area contributed by atoms with Gasteiger partial charge < -0.3 is 30.4 Å². The van der Waals surface area contributed by atoms with E-state index in [0.717, 1.165) is 0 Å². The minimum absolute atomic E-state index is 0.0778. The summed E-state index contributed by atoms with van der Waals surface area (Å²) < 4.78 is 4.77. The van der Waals surface area contributed by atoms with Crippen LogP contribution in [0.25, 0.3) is 0 Å². The number of nitrogens with zero attached hydrogens (tertiary/aromatic N) is 2. The second-order valence-corrected chi connectivity index (χ2v) is 6.70. The molecule has 25 heavy (non-hydrogen) atoms. The molecule has 0 bridgehead atoms. The molecule has 0 aliphatic carbocycles. The number of rotatable bonds is 4. The van der Waals surface area contributed by atoms with E-state index in [1.165, 1.54) is 23.8 Å². The highest BCUT2D eigenvalue weighted by Crippen LogP contribution is 2.33. The van der Waals surface area contributed by atoms with Crippen LogP contribution < -0.4 is 5.32 Å². The van der Waals surface area contributed by atoms with Crippen molar-refractivity contribution in [3.63, 3.8) is 0 Å². The number of carbonyl (C=O) groups excluding carboxylic acids is 1. The second kappa shape index (κ2) is 7.59. The molecule has 0 unspecified atom stereocenters. The Morgan fingerprint density at radius 1 is 1.64 bits per heavy atom. The SMILES string of the molecule is CC(=O)NC(Cl)(Cl)C#Cc1cc([N+](=O)[O-])n([C@H]2C[C@H](O)[C@@H](CO)O2)c1. The van der Waals surface area contributed by atoms with Gasteiger partial charge in [0.15, 0.2) is 0 Å². The molecule has 1 amide bonds. The van der Waals surface area contributed by atoms with Crippen molar-refractivity contribution in [1.82, 2.24) is 9.88 Å². The van der Waals surface area contributed by atoms with E-state index in [1.807, 2.05) is 0 Å². The third-order valence-corrected chi connectivity index (χ3v) is 3.78. The van der Waals surface area contributed by atoms with Crippen LogP contribution in [0.2, 0.25) is 0 Å². The highest BCUT2D eigenvalue weighted by atomic mass is 35.5. The molecular formula is C14H15Cl2N3O6. The first kappa shape index (κ1) is 19.5. The minimum Gasteiger partial charge on any atom is -0.394 e. The number of nitro groups is 1. The summed E-state index contributed by atoms with van der Waals surface area (Å²) in [6.07, 6.45) is -1.16. The molecular weight excluding hydrogens is 377 g/mol. The molecule has 136 valence electrons. The van der Waals surface area contributed by atoms with Gasteiger partial charge in [0.05, 0.1) is 24.3 Å². The van der Waals surface area contributed by atoms with Crippen LogP contribution in [0.3, 0.4) is 0 Å². The van der Waals surface area contributed by atoms with Crippen LogP contribution in [0.4, 0.5) is 5.82 Å². The molecule has 9 nitrogen and oxygen atoms in total. The number of aromatic nitrogens is 1. The van der Waals surface area contributed by atoms with Crippen molar-refractivity contribution in [2.45, 2.75) is 36.2 Å². The lowest BCUT2D eigenvalue weighted by Crippen LogP contribution is -2.36. The van der Waals surface area contributed by atoms with Crippen LogP contribution in [0.5, 0.6) is 0 Å². The second-order valence-electron chi connectivity index (χ2n) is 5.37. The number of aliphatic hydroxyl groups is 2. The lowest BCUT2D eigenvalue weighted by atomic mass is 10.2. The maximum absolute atomic E-state index is 11.2. The van der Waals surface area contributed by atoms with Gasteiger partial charge in [0.25, 0.3) is 4.46 Å². The van der Waals surface area contributed by atoms with E-state index in [9.17, 15) is 20.0 Å². The molecule has 1 aliphatic heterocycles. The maximum Gasteiger partial charge on any atom is 0.326 e. The van der Waals surface area contributed by atoms with Gasteiger partial charge >= 0.3 is 5.82 Å². The first-order valence-corrected chi connectivity index (χ1v) is 7.89. The van der Waals surface area contributed by atoms with Crippen molar-refractivity contribution < 1.29 is 24.7 Å². The van der Waals surface area contributed by atoms with Crippen LogP contribution >= 0.6 is 23.2 Å². The zero-order valence-electron chi connectivity index (χ0n) is 13.0. The Kier molecular flexibility index (Phi) is 5.92.